The zero-order valence-electron chi connectivity index (χ0n) is 14.5. The molecule has 2 unspecified atom stereocenters. The Kier molecular flexibility index (Phi) is 4.90. The molecule has 1 aliphatic heterocycles. The van der Waals surface area contributed by atoms with Gasteiger partial charge in [-0.25, -0.2) is 0 Å². The minimum absolute atomic E-state index is 0.0673. The highest BCUT2D eigenvalue weighted by Gasteiger charge is 2.36. The molecule has 1 saturated heterocycles. The molecule has 23 heavy (non-hydrogen) atoms. The van der Waals surface area contributed by atoms with Crippen LogP contribution < -0.4 is 0 Å². The standard InChI is InChI=1S/C19H28N2O2/c1-4-21-11-9-15(10-12-21)20(3)19(22)8-6-16-5-7-18(23-16)17-13-14(17)2/h5-8,14-15,17H,4,9-13H2,1-3H3/b8-6+. The lowest BCUT2D eigenvalue weighted by molar-refractivity contribution is -0.127. The maximum Gasteiger partial charge on any atom is 0.246 e. The molecular weight excluding hydrogens is 288 g/mol. The molecule has 0 aromatic carbocycles. The Morgan fingerprint density at radius 2 is 2.09 bits per heavy atom. The number of rotatable bonds is 5. The van der Waals surface area contributed by atoms with Gasteiger partial charge in [0.05, 0.1) is 0 Å². The zero-order chi connectivity index (χ0) is 16.4. The van der Waals surface area contributed by atoms with Gasteiger partial charge in [-0.3, -0.25) is 4.79 Å². The zero-order valence-corrected chi connectivity index (χ0v) is 14.5. The van der Waals surface area contributed by atoms with Crippen molar-refractivity contribution < 1.29 is 9.21 Å². The predicted octanol–water partition coefficient (Wildman–Crippen LogP) is 3.36. The van der Waals surface area contributed by atoms with Crippen molar-refractivity contribution in [2.24, 2.45) is 5.92 Å². The molecule has 4 nitrogen and oxygen atoms in total. The van der Waals surface area contributed by atoms with Gasteiger partial charge in [0.1, 0.15) is 11.5 Å². The summed E-state index contributed by atoms with van der Waals surface area (Å²) >= 11 is 0. The Bertz CT molecular complexity index is 570. The average Bonchev–Trinajstić information content (AvgIpc) is 3.12. The van der Waals surface area contributed by atoms with Gasteiger partial charge in [-0.1, -0.05) is 13.8 Å². The Morgan fingerprint density at radius 1 is 1.39 bits per heavy atom. The van der Waals surface area contributed by atoms with Crippen LogP contribution in [0.3, 0.4) is 0 Å². The third-order valence-corrected chi connectivity index (χ3v) is 5.41. The van der Waals surface area contributed by atoms with Crippen LogP contribution in [0, 0.1) is 5.92 Å². The van der Waals surface area contributed by atoms with Crippen LogP contribution in [0.25, 0.3) is 6.08 Å². The number of carbonyl (C=O) groups excluding carboxylic acids is 1. The van der Waals surface area contributed by atoms with Crippen LogP contribution in [0.1, 0.15) is 50.5 Å². The second-order valence-corrected chi connectivity index (χ2v) is 7.01. The Balaban J connectivity index is 1.52. The molecule has 4 heteroatoms. The lowest BCUT2D eigenvalue weighted by Gasteiger charge is -2.35. The van der Waals surface area contributed by atoms with Crippen molar-refractivity contribution in [1.82, 2.24) is 9.80 Å². The van der Waals surface area contributed by atoms with Crippen molar-refractivity contribution in [3.8, 4) is 0 Å². The fourth-order valence-corrected chi connectivity index (χ4v) is 3.45. The number of carbonyl (C=O) groups is 1. The van der Waals surface area contributed by atoms with E-state index < -0.39 is 0 Å². The number of nitrogens with zero attached hydrogens (tertiary/aromatic N) is 2. The van der Waals surface area contributed by atoms with Gasteiger partial charge in [-0.05, 0) is 49.9 Å². The van der Waals surface area contributed by atoms with Crippen LogP contribution in [-0.4, -0.2) is 48.4 Å². The summed E-state index contributed by atoms with van der Waals surface area (Å²) in [6, 6.07) is 4.36. The number of furan rings is 1. The number of hydrogen-bond acceptors (Lipinski definition) is 3. The highest BCUT2D eigenvalue weighted by Crippen LogP contribution is 2.47. The molecule has 2 fully saturated rings. The van der Waals surface area contributed by atoms with Crippen molar-refractivity contribution in [2.45, 2.75) is 45.1 Å². The lowest BCUT2D eigenvalue weighted by Crippen LogP contribution is -2.45. The smallest absolute Gasteiger partial charge is 0.246 e. The van der Waals surface area contributed by atoms with Crippen LogP contribution in [0.5, 0.6) is 0 Å². The minimum atomic E-state index is 0.0673. The van der Waals surface area contributed by atoms with Crippen molar-refractivity contribution in [3.63, 3.8) is 0 Å². The fourth-order valence-electron chi connectivity index (χ4n) is 3.45. The maximum atomic E-state index is 12.4. The van der Waals surface area contributed by atoms with Crippen LogP contribution >= 0.6 is 0 Å². The molecule has 0 bridgehead atoms. The highest BCUT2D eigenvalue weighted by molar-refractivity contribution is 5.91. The number of likely N-dealkylation sites (N-methyl/N-ethyl adjacent to an activating group) is 1. The predicted molar refractivity (Wildman–Crippen MR) is 92.2 cm³/mol. The van der Waals surface area contributed by atoms with Crippen molar-refractivity contribution in [2.75, 3.05) is 26.7 Å². The van der Waals surface area contributed by atoms with E-state index >= 15 is 0 Å². The third kappa shape index (κ3) is 3.86. The number of likely N-dealkylation sites (tertiary alicyclic amines) is 1. The molecule has 2 aliphatic rings. The van der Waals surface area contributed by atoms with Gasteiger partial charge in [-0.15, -0.1) is 0 Å². The van der Waals surface area contributed by atoms with E-state index in [1.807, 2.05) is 24.1 Å². The summed E-state index contributed by atoms with van der Waals surface area (Å²) < 4.78 is 5.82. The van der Waals surface area contributed by atoms with E-state index in [0.29, 0.717) is 12.0 Å². The van der Waals surface area contributed by atoms with Gasteiger partial charge >= 0.3 is 0 Å². The van der Waals surface area contributed by atoms with Crippen LogP contribution in [0.15, 0.2) is 22.6 Å². The fraction of sp³-hybridized carbons (Fsp3) is 0.632. The molecule has 0 spiro atoms. The number of hydrogen-bond donors (Lipinski definition) is 0. The monoisotopic (exact) mass is 316 g/mol. The highest BCUT2D eigenvalue weighted by atomic mass is 16.3. The average molecular weight is 316 g/mol. The Morgan fingerprint density at radius 3 is 2.70 bits per heavy atom. The molecule has 1 amide bonds. The summed E-state index contributed by atoms with van der Waals surface area (Å²) in [5.41, 5.74) is 0. The first-order chi connectivity index (χ1) is 11.1. The second kappa shape index (κ2) is 6.91. The second-order valence-electron chi connectivity index (χ2n) is 7.01. The van der Waals surface area contributed by atoms with E-state index in [4.69, 9.17) is 4.42 Å². The maximum absolute atomic E-state index is 12.4. The molecule has 1 aromatic rings. The van der Waals surface area contributed by atoms with Gasteiger partial charge in [0.2, 0.25) is 5.91 Å². The molecular formula is C19H28N2O2. The Labute approximate surface area is 139 Å². The summed E-state index contributed by atoms with van der Waals surface area (Å²) in [5.74, 6) is 3.23. The molecule has 1 aromatic heterocycles. The topological polar surface area (TPSA) is 36.7 Å². The lowest BCUT2D eigenvalue weighted by atomic mass is 10.0. The number of piperidine rings is 1. The van der Waals surface area contributed by atoms with E-state index in [0.717, 1.165) is 49.9 Å². The van der Waals surface area contributed by atoms with E-state index in [-0.39, 0.29) is 5.91 Å². The molecule has 0 N–H and O–H groups in total. The number of amides is 1. The summed E-state index contributed by atoms with van der Waals surface area (Å²) in [6.45, 7) is 7.71. The summed E-state index contributed by atoms with van der Waals surface area (Å²) in [5, 5.41) is 0. The summed E-state index contributed by atoms with van der Waals surface area (Å²) in [6.07, 6.45) is 6.79. The van der Waals surface area contributed by atoms with E-state index in [2.05, 4.69) is 18.7 Å². The largest absolute Gasteiger partial charge is 0.461 e. The van der Waals surface area contributed by atoms with Crippen LogP contribution in [0.2, 0.25) is 0 Å². The van der Waals surface area contributed by atoms with Crippen molar-refractivity contribution in [1.29, 1.82) is 0 Å². The molecule has 1 saturated carbocycles. The molecule has 0 radical (unpaired) electrons. The van der Waals surface area contributed by atoms with Gasteiger partial charge in [0.15, 0.2) is 0 Å². The first kappa shape index (κ1) is 16.3. The molecule has 3 rings (SSSR count). The van der Waals surface area contributed by atoms with Gasteiger partial charge < -0.3 is 14.2 Å². The quantitative estimate of drug-likeness (QED) is 0.782. The van der Waals surface area contributed by atoms with Gasteiger partial charge in [0.25, 0.3) is 0 Å². The molecule has 1 aliphatic carbocycles. The van der Waals surface area contributed by atoms with Crippen LogP contribution in [-0.2, 0) is 4.79 Å². The first-order valence-corrected chi connectivity index (χ1v) is 8.85. The molecule has 126 valence electrons. The normalized spacial score (nSPS) is 25.9. The van der Waals surface area contributed by atoms with E-state index in [1.54, 1.807) is 12.2 Å². The van der Waals surface area contributed by atoms with Gasteiger partial charge in [-0.2, -0.15) is 0 Å². The van der Waals surface area contributed by atoms with E-state index in [1.165, 1.54) is 6.42 Å². The summed E-state index contributed by atoms with van der Waals surface area (Å²) in [7, 11) is 1.92. The minimum Gasteiger partial charge on any atom is -0.461 e. The first-order valence-electron chi connectivity index (χ1n) is 8.85. The van der Waals surface area contributed by atoms with Crippen molar-refractivity contribution in [3.05, 3.63) is 29.7 Å². The molecule has 2 atom stereocenters. The molecule has 2 heterocycles. The van der Waals surface area contributed by atoms with E-state index in [9.17, 15) is 4.79 Å². The third-order valence-electron chi connectivity index (χ3n) is 5.41. The van der Waals surface area contributed by atoms with Crippen LogP contribution in [0.4, 0.5) is 0 Å². The van der Waals surface area contributed by atoms with Crippen molar-refractivity contribution >= 4 is 12.0 Å². The van der Waals surface area contributed by atoms with Gasteiger partial charge in [0, 0.05) is 38.2 Å². The SMILES string of the molecule is CCN1CCC(N(C)C(=O)/C=C/c2ccc(C3CC3C)o2)CC1. The Hall–Kier alpha value is -1.55. The summed E-state index contributed by atoms with van der Waals surface area (Å²) in [4.78, 5) is 16.7.